The SMILES string of the molecule is COc1ccc(CN2CC(=O)N(Cc3ccc(OC)cc3)C(OC)C2=O)cc1. The van der Waals surface area contributed by atoms with Crippen LogP contribution in [0.4, 0.5) is 0 Å². The number of amides is 2. The second kappa shape index (κ2) is 8.75. The molecule has 2 aromatic carbocycles. The lowest BCUT2D eigenvalue weighted by atomic mass is 10.1. The van der Waals surface area contributed by atoms with Crippen LogP contribution in [0.5, 0.6) is 11.5 Å². The van der Waals surface area contributed by atoms with Crippen LogP contribution in [0.3, 0.4) is 0 Å². The summed E-state index contributed by atoms with van der Waals surface area (Å²) >= 11 is 0. The lowest BCUT2D eigenvalue weighted by Crippen LogP contribution is -2.59. The minimum atomic E-state index is -0.943. The third kappa shape index (κ3) is 4.26. The minimum absolute atomic E-state index is 0.0148. The summed E-state index contributed by atoms with van der Waals surface area (Å²) in [4.78, 5) is 28.6. The first-order valence-electron chi connectivity index (χ1n) is 8.92. The van der Waals surface area contributed by atoms with E-state index in [1.165, 1.54) is 16.9 Å². The first-order valence-corrected chi connectivity index (χ1v) is 8.92. The quantitative estimate of drug-likeness (QED) is 0.731. The molecule has 3 rings (SSSR count). The maximum atomic E-state index is 12.9. The van der Waals surface area contributed by atoms with Gasteiger partial charge in [-0.2, -0.15) is 0 Å². The van der Waals surface area contributed by atoms with E-state index in [4.69, 9.17) is 14.2 Å². The van der Waals surface area contributed by atoms with Gasteiger partial charge in [0.05, 0.1) is 14.2 Å². The van der Waals surface area contributed by atoms with Crippen LogP contribution >= 0.6 is 0 Å². The van der Waals surface area contributed by atoms with Gasteiger partial charge in [-0.05, 0) is 35.4 Å². The van der Waals surface area contributed by atoms with E-state index in [0.717, 1.165) is 22.6 Å². The molecule has 28 heavy (non-hydrogen) atoms. The van der Waals surface area contributed by atoms with Crippen molar-refractivity contribution in [1.82, 2.24) is 9.80 Å². The Balaban J connectivity index is 1.72. The van der Waals surface area contributed by atoms with E-state index in [1.807, 2.05) is 48.5 Å². The number of carbonyl (C=O) groups is 2. The Morgan fingerprint density at radius 2 is 1.32 bits per heavy atom. The minimum Gasteiger partial charge on any atom is -0.497 e. The van der Waals surface area contributed by atoms with Crippen LogP contribution in [-0.4, -0.2) is 55.7 Å². The van der Waals surface area contributed by atoms with Gasteiger partial charge in [0.2, 0.25) is 12.1 Å². The summed E-state index contributed by atoms with van der Waals surface area (Å²) in [6.07, 6.45) is -0.943. The van der Waals surface area contributed by atoms with E-state index in [2.05, 4.69) is 0 Å². The van der Waals surface area contributed by atoms with Crippen LogP contribution in [0.25, 0.3) is 0 Å². The van der Waals surface area contributed by atoms with E-state index in [0.29, 0.717) is 13.1 Å². The van der Waals surface area contributed by atoms with Gasteiger partial charge in [-0.1, -0.05) is 24.3 Å². The number of benzene rings is 2. The molecule has 0 bridgehead atoms. The maximum absolute atomic E-state index is 12.9. The van der Waals surface area contributed by atoms with Crippen LogP contribution < -0.4 is 9.47 Å². The average molecular weight is 384 g/mol. The van der Waals surface area contributed by atoms with Gasteiger partial charge >= 0.3 is 0 Å². The van der Waals surface area contributed by atoms with Gasteiger partial charge in [-0.3, -0.25) is 9.59 Å². The predicted octanol–water partition coefficient (Wildman–Crippen LogP) is 2.05. The molecule has 1 heterocycles. The third-order valence-electron chi connectivity index (χ3n) is 4.72. The van der Waals surface area contributed by atoms with Crippen LogP contribution in [0.15, 0.2) is 48.5 Å². The summed E-state index contributed by atoms with van der Waals surface area (Å²) in [5.74, 6) is 1.09. The Kier molecular flexibility index (Phi) is 6.16. The molecule has 148 valence electrons. The molecular weight excluding hydrogens is 360 g/mol. The maximum Gasteiger partial charge on any atom is 0.273 e. The van der Waals surface area contributed by atoms with Crippen molar-refractivity contribution in [3.8, 4) is 11.5 Å². The molecule has 7 heteroatoms. The molecule has 1 saturated heterocycles. The zero-order valence-corrected chi connectivity index (χ0v) is 16.3. The van der Waals surface area contributed by atoms with E-state index >= 15 is 0 Å². The molecule has 1 aliphatic heterocycles. The lowest BCUT2D eigenvalue weighted by molar-refractivity contribution is -0.175. The van der Waals surface area contributed by atoms with Crippen LogP contribution in [-0.2, 0) is 27.4 Å². The van der Waals surface area contributed by atoms with Crippen molar-refractivity contribution in [1.29, 1.82) is 0 Å². The second-order valence-electron chi connectivity index (χ2n) is 6.50. The molecule has 0 spiro atoms. The first kappa shape index (κ1) is 19.7. The predicted molar refractivity (Wildman–Crippen MR) is 103 cm³/mol. The van der Waals surface area contributed by atoms with E-state index < -0.39 is 6.23 Å². The van der Waals surface area contributed by atoms with E-state index in [9.17, 15) is 9.59 Å². The summed E-state index contributed by atoms with van der Waals surface area (Å²) in [5.41, 5.74) is 1.81. The standard InChI is InChI=1S/C21H24N2O5/c1-26-17-8-4-15(5-9-17)12-22-14-19(24)23(21(28-3)20(22)25)13-16-6-10-18(27-2)11-7-16/h4-11,21H,12-14H2,1-3H3. The molecule has 0 aliphatic carbocycles. The summed E-state index contributed by atoms with van der Waals surface area (Å²) in [6.45, 7) is 0.648. The largest absolute Gasteiger partial charge is 0.497 e. The first-order chi connectivity index (χ1) is 13.5. The highest BCUT2D eigenvalue weighted by atomic mass is 16.5. The highest BCUT2D eigenvalue weighted by molar-refractivity contribution is 5.94. The molecule has 0 saturated carbocycles. The Labute approximate surface area is 164 Å². The molecule has 0 aromatic heterocycles. The summed E-state index contributed by atoms with van der Waals surface area (Å²) in [5, 5.41) is 0. The Hall–Kier alpha value is -3.06. The Morgan fingerprint density at radius 1 is 0.821 bits per heavy atom. The number of ether oxygens (including phenoxy) is 3. The van der Waals surface area contributed by atoms with Crippen molar-refractivity contribution in [3.63, 3.8) is 0 Å². The van der Waals surface area contributed by atoms with Gasteiger partial charge in [0.1, 0.15) is 18.0 Å². The molecular formula is C21H24N2O5. The van der Waals surface area contributed by atoms with Crippen LogP contribution in [0.2, 0.25) is 0 Å². The highest BCUT2D eigenvalue weighted by Gasteiger charge is 2.39. The van der Waals surface area contributed by atoms with Gasteiger partial charge in [0, 0.05) is 20.2 Å². The number of nitrogens with zero attached hydrogens (tertiary/aromatic N) is 2. The van der Waals surface area contributed by atoms with E-state index in [-0.39, 0.29) is 18.4 Å². The van der Waals surface area contributed by atoms with Gasteiger partial charge < -0.3 is 24.0 Å². The number of methoxy groups -OCH3 is 3. The Bertz CT molecular complexity index is 820. The molecule has 2 aromatic rings. The van der Waals surface area contributed by atoms with Crippen molar-refractivity contribution in [2.75, 3.05) is 27.9 Å². The average Bonchev–Trinajstić information content (AvgIpc) is 2.73. The van der Waals surface area contributed by atoms with Crippen LogP contribution in [0.1, 0.15) is 11.1 Å². The van der Waals surface area contributed by atoms with Crippen molar-refractivity contribution >= 4 is 11.8 Å². The number of hydrogen-bond acceptors (Lipinski definition) is 5. The summed E-state index contributed by atoms with van der Waals surface area (Å²) in [6, 6.07) is 14.8. The number of carbonyl (C=O) groups excluding carboxylic acids is 2. The molecule has 1 unspecified atom stereocenters. The third-order valence-corrected chi connectivity index (χ3v) is 4.72. The van der Waals surface area contributed by atoms with E-state index in [1.54, 1.807) is 14.2 Å². The van der Waals surface area contributed by atoms with Gasteiger partial charge in [0.25, 0.3) is 5.91 Å². The van der Waals surface area contributed by atoms with Gasteiger partial charge in [-0.25, -0.2) is 0 Å². The Morgan fingerprint density at radius 3 is 1.79 bits per heavy atom. The number of hydrogen-bond donors (Lipinski definition) is 0. The zero-order valence-electron chi connectivity index (χ0n) is 16.3. The normalized spacial score (nSPS) is 17.0. The van der Waals surface area contributed by atoms with Crippen molar-refractivity contribution < 1.29 is 23.8 Å². The van der Waals surface area contributed by atoms with Gasteiger partial charge in [0.15, 0.2) is 0 Å². The molecule has 2 amide bonds. The van der Waals surface area contributed by atoms with Gasteiger partial charge in [-0.15, -0.1) is 0 Å². The summed E-state index contributed by atoms with van der Waals surface area (Å²) in [7, 11) is 4.64. The smallest absolute Gasteiger partial charge is 0.273 e. The molecule has 0 N–H and O–H groups in total. The topological polar surface area (TPSA) is 68.3 Å². The molecule has 7 nitrogen and oxygen atoms in total. The molecule has 1 fully saturated rings. The fraction of sp³-hybridized carbons (Fsp3) is 0.333. The molecule has 1 aliphatic rings. The van der Waals surface area contributed by atoms with Crippen molar-refractivity contribution in [2.24, 2.45) is 0 Å². The fourth-order valence-electron chi connectivity index (χ4n) is 3.16. The molecule has 0 radical (unpaired) electrons. The lowest BCUT2D eigenvalue weighted by Gasteiger charge is -2.39. The monoisotopic (exact) mass is 384 g/mol. The highest BCUT2D eigenvalue weighted by Crippen LogP contribution is 2.21. The molecule has 1 atom stereocenters. The second-order valence-corrected chi connectivity index (χ2v) is 6.50. The van der Waals surface area contributed by atoms with Crippen molar-refractivity contribution in [2.45, 2.75) is 19.3 Å². The van der Waals surface area contributed by atoms with Crippen LogP contribution in [0, 0.1) is 0 Å². The summed E-state index contributed by atoms with van der Waals surface area (Å²) < 4.78 is 15.7. The number of piperazine rings is 1. The van der Waals surface area contributed by atoms with Crippen molar-refractivity contribution in [3.05, 3.63) is 59.7 Å². The zero-order chi connectivity index (χ0) is 20.1. The fourth-order valence-corrected chi connectivity index (χ4v) is 3.16. The number of rotatable bonds is 7.